The van der Waals surface area contributed by atoms with Crippen LogP contribution in [-0.2, 0) is 16.0 Å². The normalized spacial score (nSPS) is 17.4. The summed E-state index contributed by atoms with van der Waals surface area (Å²) in [6.07, 6.45) is 9.31. The maximum Gasteiger partial charge on any atom is 0.339 e. The number of carbonyl (C=O) groups excluding carboxylic acids is 2. The number of amides is 1. The van der Waals surface area contributed by atoms with Crippen molar-refractivity contribution in [1.29, 1.82) is 0 Å². The average molecular weight is 431 g/mol. The molecule has 3 heterocycles. The van der Waals surface area contributed by atoms with Crippen LogP contribution in [0.1, 0.15) is 59.5 Å². The molecule has 1 aliphatic carbocycles. The number of allylic oxidation sites excluding steroid dienone is 1. The van der Waals surface area contributed by atoms with Gasteiger partial charge in [-0.15, -0.1) is 0 Å². The largest absolute Gasteiger partial charge is 0.465 e. The van der Waals surface area contributed by atoms with E-state index in [0.29, 0.717) is 5.56 Å². The molecule has 5 rings (SSSR count). The van der Waals surface area contributed by atoms with Gasteiger partial charge in [0, 0.05) is 18.5 Å². The Kier molecular flexibility index (Phi) is 5.75. The van der Waals surface area contributed by atoms with Gasteiger partial charge < -0.3 is 14.1 Å². The first-order chi connectivity index (χ1) is 15.7. The van der Waals surface area contributed by atoms with E-state index in [2.05, 4.69) is 0 Å². The van der Waals surface area contributed by atoms with Crippen LogP contribution in [-0.4, -0.2) is 41.5 Å². The number of likely N-dealkylation sites (tertiary alicyclic amines) is 1. The number of para-hydroxylation sites is 1. The molecule has 0 unspecified atom stereocenters. The minimum absolute atomic E-state index is 0.122. The van der Waals surface area contributed by atoms with Gasteiger partial charge >= 0.3 is 5.97 Å². The van der Waals surface area contributed by atoms with Gasteiger partial charge in [-0.25, -0.2) is 9.78 Å². The van der Waals surface area contributed by atoms with Gasteiger partial charge in [0.1, 0.15) is 5.76 Å². The van der Waals surface area contributed by atoms with Crippen molar-refractivity contribution >= 4 is 34.4 Å². The number of fused-ring (bicyclic) bond motifs is 2. The van der Waals surface area contributed by atoms with Crippen LogP contribution in [0.25, 0.3) is 22.6 Å². The Labute approximate surface area is 186 Å². The number of hydrogen-bond acceptors (Lipinski definition) is 5. The van der Waals surface area contributed by atoms with Gasteiger partial charge in [0.25, 0.3) is 5.91 Å². The lowest BCUT2D eigenvalue weighted by Gasteiger charge is -2.26. The molecule has 3 aromatic rings. The van der Waals surface area contributed by atoms with E-state index in [4.69, 9.17) is 14.1 Å². The zero-order valence-electron chi connectivity index (χ0n) is 18.0. The Balaban J connectivity index is 1.49. The third-order valence-electron chi connectivity index (χ3n) is 6.27. The highest BCUT2D eigenvalue weighted by atomic mass is 16.5. The maximum atomic E-state index is 13.3. The van der Waals surface area contributed by atoms with Gasteiger partial charge in [0.15, 0.2) is 6.61 Å². The first-order valence-corrected chi connectivity index (χ1v) is 11.3. The summed E-state index contributed by atoms with van der Waals surface area (Å²) in [5, 5.41) is 0.765. The summed E-state index contributed by atoms with van der Waals surface area (Å²) in [5.74, 6) is 0.187. The predicted octanol–water partition coefficient (Wildman–Crippen LogP) is 4.87. The van der Waals surface area contributed by atoms with Crippen molar-refractivity contribution in [2.45, 2.75) is 38.5 Å². The van der Waals surface area contributed by atoms with Crippen LogP contribution in [0, 0.1) is 0 Å². The van der Waals surface area contributed by atoms with E-state index in [9.17, 15) is 9.59 Å². The van der Waals surface area contributed by atoms with Crippen molar-refractivity contribution in [3.8, 4) is 0 Å². The maximum absolute atomic E-state index is 13.3. The van der Waals surface area contributed by atoms with E-state index in [1.54, 1.807) is 11.2 Å². The molecule has 1 fully saturated rings. The molecular formula is C26H26N2O4. The molecule has 0 radical (unpaired) electrons. The first kappa shape index (κ1) is 20.5. The van der Waals surface area contributed by atoms with Crippen LogP contribution in [0.15, 0.2) is 47.1 Å². The van der Waals surface area contributed by atoms with Gasteiger partial charge in [0.2, 0.25) is 0 Å². The third-order valence-corrected chi connectivity index (χ3v) is 6.27. The molecule has 1 amide bonds. The number of carbonyl (C=O) groups is 2. The Morgan fingerprint density at radius 2 is 1.88 bits per heavy atom. The van der Waals surface area contributed by atoms with Crippen LogP contribution in [0.5, 0.6) is 0 Å². The summed E-state index contributed by atoms with van der Waals surface area (Å²) >= 11 is 0. The van der Waals surface area contributed by atoms with E-state index in [-0.39, 0.29) is 12.5 Å². The van der Waals surface area contributed by atoms with Gasteiger partial charge in [-0.2, -0.15) is 0 Å². The molecule has 2 aliphatic rings. The number of furan rings is 1. The smallest absolute Gasteiger partial charge is 0.339 e. The molecule has 32 heavy (non-hydrogen) atoms. The van der Waals surface area contributed by atoms with Gasteiger partial charge in [-0.1, -0.05) is 18.2 Å². The number of pyridine rings is 1. The van der Waals surface area contributed by atoms with Gasteiger partial charge in [-0.3, -0.25) is 4.79 Å². The average Bonchev–Trinajstić information content (AvgIpc) is 3.35. The van der Waals surface area contributed by atoms with E-state index in [1.165, 1.54) is 0 Å². The van der Waals surface area contributed by atoms with Crippen LogP contribution in [0.2, 0.25) is 0 Å². The lowest BCUT2D eigenvalue weighted by Crippen LogP contribution is -2.38. The second-order valence-corrected chi connectivity index (χ2v) is 8.39. The summed E-state index contributed by atoms with van der Waals surface area (Å²) < 4.78 is 11.1. The second-order valence-electron chi connectivity index (χ2n) is 8.39. The van der Waals surface area contributed by atoms with Gasteiger partial charge in [0.05, 0.1) is 23.0 Å². The lowest BCUT2D eigenvalue weighted by atomic mass is 9.86. The van der Waals surface area contributed by atoms with Crippen LogP contribution in [0.3, 0.4) is 0 Å². The van der Waals surface area contributed by atoms with Gasteiger partial charge in [-0.05, 0) is 73.9 Å². The molecule has 1 aromatic carbocycles. The Bertz CT molecular complexity index is 1170. The summed E-state index contributed by atoms with van der Waals surface area (Å²) in [4.78, 5) is 32.5. The quantitative estimate of drug-likeness (QED) is 0.552. The Morgan fingerprint density at radius 1 is 1.03 bits per heavy atom. The number of esters is 1. The molecule has 0 atom stereocenters. The van der Waals surface area contributed by atoms with Crippen molar-refractivity contribution in [3.63, 3.8) is 0 Å². The standard InChI is InChI=1S/C26H26N2O4/c29-23(28-13-4-1-5-14-28)17-32-26(30)24-20-10-2-3-12-22(20)27-25-18(8-6-11-21(24)25)16-19-9-7-15-31-19/h2-3,7,9-10,12,15-16H,1,4-6,8,11,13-14,17H2/b18-16+. The molecule has 6 nitrogen and oxygen atoms in total. The highest BCUT2D eigenvalue weighted by Crippen LogP contribution is 2.36. The molecule has 0 bridgehead atoms. The van der Waals surface area contributed by atoms with E-state index in [1.807, 2.05) is 42.5 Å². The highest BCUT2D eigenvalue weighted by Gasteiger charge is 2.27. The molecule has 6 heteroatoms. The predicted molar refractivity (Wildman–Crippen MR) is 122 cm³/mol. The fourth-order valence-electron chi connectivity index (χ4n) is 4.69. The number of rotatable bonds is 4. The topological polar surface area (TPSA) is 72.6 Å². The molecule has 0 saturated carbocycles. The molecule has 0 N–H and O–H groups in total. The highest BCUT2D eigenvalue weighted by molar-refractivity contribution is 6.07. The molecule has 1 saturated heterocycles. The van der Waals surface area contributed by atoms with Crippen molar-refractivity contribution in [2.24, 2.45) is 0 Å². The fraction of sp³-hybridized carbons (Fsp3) is 0.346. The number of piperidine rings is 1. The molecular weight excluding hydrogens is 404 g/mol. The molecule has 0 spiro atoms. The molecule has 164 valence electrons. The summed E-state index contributed by atoms with van der Waals surface area (Å²) in [5.41, 5.74) is 4.03. The lowest BCUT2D eigenvalue weighted by molar-refractivity contribution is -0.135. The summed E-state index contributed by atoms with van der Waals surface area (Å²) in [6.45, 7) is 1.26. The van der Waals surface area contributed by atoms with Crippen molar-refractivity contribution in [2.75, 3.05) is 19.7 Å². The monoisotopic (exact) mass is 430 g/mol. The second kappa shape index (κ2) is 8.99. The van der Waals surface area contributed by atoms with Crippen molar-refractivity contribution < 1.29 is 18.7 Å². The number of aromatic nitrogens is 1. The van der Waals surface area contributed by atoms with Crippen LogP contribution < -0.4 is 0 Å². The van der Waals surface area contributed by atoms with E-state index < -0.39 is 5.97 Å². The SMILES string of the molecule is O=C(OCC(=O)N1CCCCC1)c1c2c(nc3ccccc13)/C(=C/c1ccco1)CCC2. The first-order valence-electron chi connectivity index (χ1n) is 11.3. The van der Waals surface area contributed by atoms with E-state index >= 15 is 0 Å². The molecule has 1 aliphatic heterocycles. The van der Waals surface area contributed by atoms with Crippen molar-refractivity contribution in [3.05, 3.63) is 65.2 Å². The Morgan fingerprint density at radius 3 is 2.69 bits per heavy atom. The number of ether oxygens (including phenoxy) is 1. The van der Waals surface area contributed by atoms with Crippen molar-refractivity contribution in [1.82, 2.24) is 9.88 Å². The minimum Gasteiger partial charge on any atom is -0.465 e. The number of benzene rings is 1. The molecule has 2 aromatic heterocycles. The van der Waals surface area contributed by atoms with Crippen LogP contribution >= 0.6 is 0 Å². The Hall–Kier alpha value is -3.41. The third kappa shape index (κ3) is 4.05. The minimum atomic E-state index is -0.454. The van der Waals surface area contributed by atoms with Crippen LogP contribution in [0.4, 0.5) is 0 Å². The van der Waals surface area contributed by atoms with E-state index in [0.717, 1.165) is 85.1 Å². The number of nitrogens with zero attached hydrogens (tertiary/aromatic N) is 2. The zero-order valence-corrected chi connectivity index (χ0v) is 18.0. The zero-order chi connectivity index (χ0) is 21.9. The fourth-order valence-corrected chi connectivity index (χ4v) is 4.69. The number of hydrogen-bond donors (Lipinski definition) is 0. The summed E-state index contributed by atoms with van der Waals surface area (Å²) in [6, 6.07) is 11.4. The summed E-state index contributed by atoms with van der Waals surface area (Å²) in [7, 11) is 0.